The number of amides is 1. The summed E-state index contributed by atoms with van der Waals surface area (Å²) in [4.78, 5) is 12.1. The van der Waals surface area contributed by atoms with Crippen LogP contribution in [0.15, 0.2) is 35.4 Å². The van der Waals surface area contributed by atoms with Crippen LogP contribution in [0.5, 0.6) is 23.0 Å². The van der Waals surface area contributed by atoms with Gasteiger partial charge < -0.3 is 19.3 Å². The van der Waals surface area contributed by atoms with E-state index in [0.29, 0.717) is 27.8 Å². The molecule has 2 aromatic rings. The Labute approximate surface area is 149 Å². The van der Waals surface area contributed by atoms with Crippen LogP contribution in [0.1, 0.15) is 15.9 Å². The third kappa shape index (κ3) is 4.13. The maximum absolute atomic E-state index is 12.1. The Kier molecular flexibility index (Phi) is 6.08. The summed E-state index contributed by atoms with van der Waals surface area (Å²) in [5.74, 6) is 0.527. The fourth-order valence-electron chi connectivity index (χ4n) is 2.14. The predicted molar refractivity (Wildman–Crippen MR) is 94.3 cm³/mol. The van der Waals surface area contributed by atoms with Crippen molar-refractivity contribution in [2.75, 3.05) is 21.3 Å². The van der Waals surface area contributed by atoms with E-state index in [1.165, 1.54) is 45.7 Å². The van der Waals surface area contributed by atoms with E-state index in [9.17, 15) is 9.90 Å². The quantitative estimate of drug-likeness (QED) is 0.607. The molecule has 0 spiro atoms. The number of nitrogens with one attached hydrogen (secondary N) is 1. The topological polar surface area (TPSA) is 89.4 Å². The molecule has 2 N–H and O–H groups in total. The van der Waals surface area contributed by atoms with Gasteiger partial charge in [-0.05, 0) is 30.3 Å². The van der Waals surface area contributed by atoms with Crippen molar-refractivity contribution in [3.05, 3.63) is 46.5 Å². The van der Waals surface area contributed by atoms with E-state index in [-0.39, 0.29) is 11.3 Å². The summed E-state index contributed by atoms with van der Waals surface area (Å²) in [6.07, 6.45) is 1.39. The zero-order valence-corrected chi connectivity index (χ0v) is 14.6. The molecule has 2 aromatic carbocycles. The fraction of sp³-hybridized carbons (Fsp3) is 0.176. The van der Waals surface area contributed by atoms with Crippen LogP contribution < -0.4 is 19.6 Å². The van der Waals surface area contributed by atoms with Gasteiger partial charge in [-0.25, -0.2) is 5.43 Å². The Balaban J connectivity index is 2.22. The number of hydrazone groups is 1. The fourth-order valence-corrected chi connectivity index (χ4v) is 2.31. The van der Waals surface area contributed by atoms with Gasteiger partial charge in [-0.2, -0.15) is 5.10 Å². The molecule has 0 saturated heterocycles. The molecule has 7 nitrogen and oxygen atoms in total. The number of carbonyl (C=O) groups is 1. The highest BCUT2D eigenvalue weighted by Gasteiger charge is 2.15. The average molecular weight is 365 g/mol. The van der Waals surface area contributed by atoms with E-state index >= 15 is 0 Å². The summed E-state index contributed by atoms with van der Waals surface area (Å²) in [5, 5.41) is 13.9. The zero-order valence-electron chi connectivity index (χ0n) is 13.9. The maximum atomic E-state index is 12.1. The Bertz CT molecular complexity index is 808. The van der Waals surface area contributed by atoms with Gasteiger partial charge in [0, 0.05) is 10.6 Å². The zero-order chi connectivity index (χ0) is 18.4. The number of phenolic OH excluding ortho intramolecular Hbond substituents is 1. The average Bonchev–Trinajstić information content (AvgIpc) is 2.62. The van der Waals surface area contributed by atoms with Gasteiger partial charge in [-0.1, -0.05) is 11.6 Å². The molecule has 0 fully saturated rings. The summed E-state index contributed by atoms with van der Waals surface area (Å²) in [5.41, 5.74) is 2.90. The monoisotopic (exact) mass is 364 g/mol. The largest absolute Gasteiger partial charge is 0.507 e. The normalized spacial score (nSPS) is 10.6. The van der Waals surface area contributed by atoms with E-state index in [2.05, 4.69) is 10.5 Å². The molecule has 0 aliphatic carbocycles. The van der Waals surface area contributed by atoms with Gasteiger partial charge in [-0.3, -0.25) is 4.79 Å². The third-order valence-corrected chi connectivity index (χ3v) is 3.54. The summed E-state index contributed by atoms with van der Waals surface area (Å²) < 4.78 is 15.8. The van der Waals surface area contributed by atoms with Crippen LogP contribution in [-0.4, -0.2) is 38.6 Å². The number of hydrogen-bond donors (Lipinski definition) is 2. The summed E-state index contributed by atoms with van der Waals surface area (Å²) in [6.45, 7) is 0. The standard InChI is InChI=1S/C17H17ClN2O5/c1-23-14-7-4-10(15(24-2)16(14)25-3)9-19-20-17(22)12-8-11(18)5-6-13(12)21/h4-9,21H,1-3H3,(H,20,22)/b19-9-. The molecule has 8 heteroatoms. The molecular weight excluding hydrogens is 348 g/mol. The molecule has 0 unspecified atom stereocenters. The highest BCUT2D eigenvalue weighted by Crippen LogP contribution is 2.38. The second kappa shape index (κ2) is 8.25. The molecule has 132 valence electrons. The lowest BCUT2D eigenvalue weighted by Gasteiger charge is -2.13. The molecule has 25 heavy (non-hydrogen) atoms. The first-order valence-corrected chi connectivity index (χ1v) is 7.50. The summed E-state index contributed by atoms with van der Waals surface area (Å²) >= 11 is 5.82. The van der Waals surface area contributed by atoms with E-state index in [1.807, 2.05) is 0 Å². The van der Waals surface area contributed by atoms with Gasteiger partial charge in [0.1, 0.15) is 5.75 Å². The lowest BCUT2D eigenvalue weighted by atomic mass is 10.2. The van der Waals surface area contributed by atoms with Crippen LogP contribution in [0.2, 0.25) is 5.02 Å². The number of carbonyl (C=O) groups excluding carboxylic acids is 1. The van der Waals surface area contributed by atoms with Gasteiger partial charge in [0.05, 0.1) is 33.1 Å². The van der Waals surface area contributed by atoms with Gasteiger partial charge in [0.2, 0.25) is 5.75 Å². The lowest BCUT2D eigenvalue weighted by molar-refractivity contribution is 0.0952. The minimum atomic E-state index is -0.601. The highest BCUT2D eigenvalue weighted by atomic mass is 35.5. The van der Waals surface area contributed by atoms with E-state index in [4.69, 9.17) is 25.8 Å². The van der Waals surface area contributed by atoms with Gasteiger partial charge in [0.15, 0.2) is 11.5 Å². The first-order valence-electron chi connectivity index (χ1n) is 7.12. The number of phenols is 1. The lowest BCUT2D eigenvalue weighted by Crippen LogP contribution is -2.17. The Hall–Kier alpha value is -2.93. The first kappa shape index (κ1) is 18.4. The number of aromatic hydroxyl groups is 1. The Morgan fingerprint density at radius 3 is 2.48 bits per heavy atom. The van der Waals surface area contributed by atoms with Crippen LogP contribution in [0.25, 0.3) is 0 Å². The van der Waals surface area contributed by atoms with Crippen molar-refractivity contribution < 1.29 is 24.1 Å². The van der Waals surface area contributed by atoms with Crippen molar-refractivity contribution in [1.29, 1.82) is 0 Å². The Morgan fingerprint density at radius 2 is 1.84 bits per heavy atom. The third-order valence-electron chi connectivity index (χ3n) is 3.31. The summed E-state index contributed by atoms with van der Waals surface area (Å²) in [7, 11) is 4.49. The molecule has 0 heterocycles. The van der Waals surface area contributed by atoms with Crippen molar-refractivity contribution in [2.24, 2.45) is 5.10 Å². The molecule has 0 bridgehead atoms. The molecule has 1 amide bonds. The molecule has 0 atom stereocenters. The van der Waals surface area contributed by atoms with Gasteiger partial charge in [0.25, 0.3) is 5.91 Å². The van der Waals surface area contributed by atoms with Gasteiger partial charge in [-0.15, -0.1) is 0 Å². The molecule has 0 aliphatic heterocycles. The molecule has 0 radical (unpaired) electrons. The number of rotatable bonds is 6. The number of nitrogens with zero attached hydrogens (tertiary/aromatic N) is 1. The van der Waals surface area contributed by atoms with Crippen LogP contribution >= 0.6 is 11.6 Å². The van der Waals surface area contributed by atoms with Crippen LogP contribution in [0, 0.1) is 0 Å². The van der Waals surface area contributed by atoms with Crippen molar-refractivity contribution in [3.8, 4) is 23.0 Å². The second-order valence-corrected chi connectivity index (χ2v) is 5.22. The molecule has 0 saturated carbocycles. The smallest absolute Gasteiger partial charge is 0.275 e. The van der Waals surface area contributed by atoms with Crippen LogP contribution in [0.4, 0.5) is 0 Å². The minimum absolute atomic E-state index is 0.0175. The van der Waals surface area contributed by atoms with E-state index in [1.54, 1.807) is 12.1 Å². The SMILES string of the molecule is COc1ccc(/C=N\NC(=O)c2cc(Cl)ccc2O)c(OC)c1OC. The number of hydrogen-bond acceptors (Lipinski definition) is 6. The molecule has 0 aromatic heterocycles. The minimum Gasteiger partial charge on any atom is -0.507 e. The number of benzene rings is 2. The first-order chi connectivity index (χ1) is 12.0. The highest BCUT2D eigenvalue weighted by molar-refractivity contribution is 6.31. The number of methoxy groups -OCH3 is 3. The van der Waals surface area contributed by atoms with Crippen molar-refractivity contribution >= 4 is 23.7 Å². The van der Waals surface area contributed by atoms with Gasteiger partial charge >= 0.3 is 0 Å². The van der Waals surface area contributed by atoms with E-state index in [0.717, 1.165) is 0 Å². The molecule has 0 aliphatic rings. The predicted octanol–water partition coefficient (Wildman–Crippen LogP) is 2.84. The molecule has 2 rings (SSSR count). The van der Waals surface area contributed by atoms with E-state index < -0.39 is 5.91 Å². The van der Waals surface area contributed by atoms with Crippen molar-refractivity contribution in [3.63, 3.8) is 0 Å². The van der Waals surface area contributed by atoms with Crippen LogP contribution in [0.3, 0.4) is 0 Å². The number of ether oxygens (including phenoxy) is 3. The number of halogens is 1. The van der Waals surface area contributed by atoms with Crippen molar-refractivity contribution in [2.45, 2.75) is 0 Å². The molecular formula is C17H17ClN2O5. The maximum Gasteiger partial charge on any atom is 0.275 e. The van der Waals surface area contributed by atoms with Crippen molar-refractivity contribution in [1.82, 2.24) is 5.43 Å². The van der Waals surface area contributed by atoms with Crippen LogP contribution in [-0.2, 0) is 0 Å². The summed E-state index contributed by atoms with van der Waals surface area (Å²) in [6, 6.07) is 7.54. The second-order valence-electron chi connectivity index (χ2n) is 4.78. The Morgan fingerprint density at radius 1 is 1.12 bits per heavy atom.